The molecule has 2 aromatic rings. The van der Waals surface area contributed by atoms with E-state index in [4.69, 9.17) is 0 Å². The molecule has 136 valence electrons. The predicted octanol–water partition coefficient (Wildman–Crippen LogP) is 3.53. The van der Waals surface area contributed by atoms with Crippen molar-refractivity contribution in [2.45, 2.75) is 50.7 Å². The van der Waals surface area contributed by atoms with Gasteiger partial charge in [0.25, 0.3) is 5.91 Å². The zero-order valence-electron chi connectivity index (χ0n) is 14.7. The number of nitrogens with zero attached hydrogens (tertiary/aromatic N) is 2. The van der Waals surface area contributed by atoms with Crippen molar-refractivity contribution in [1.29, 1.82) is 0 Å². The number of nitrogens with one attached hydrogen (secondary N) is 2. The van der Waals surface area contributed by atoms with E-state index in [9.17, 15) is 9.90 Å². The summed E-state index contributed by atoms with van der Waals surface area (Å²) in [5.74, 6) is 1.11. The van der Waals surface area contributed by atoms with Crippen molar-refractivity contribution in [3.8, 4) is 0 Å². The summed E-state index contributed by atoms with van der Waals surface area (Å²) < 4.78 is 0. The Hall–Kier alpha value is -2.47. The first-order valence-electron chi connectivity index (χ1n) is 9.36. The van der Waals surface area contributed by atoms with Gasteiger partial charge >= 0.3 is 0 Å². The van der Waals surface area contributed by atoms with E-state index in [0.29, 0.717) is 23.2 Å². The van der Waals surface area contributed by atoms with Gasteiger partial charge in [-0.25, -0.2) is 4.98 Å². The number of aliphatic hydroxyl groups is 1. The Kier molecular flexibility index (Phi) is 4.84. The van der Waals surface area contributed by atoms with Crippen LogP contribution in [0.1, 0.15) is 60.4 Å². The van der Waals surface area contributed by atoms with Crippen LogP contribution in [0.4, 0.5) is 11.5 Å². The second kappa shape index (κ2) is 7.41. The molecule has 0 bridgehead atoms. The van der Waals surface area contributed by atoms with Gasteiger partial charge in [-0.3, -0.25) is 9.78 Å². The second-order valence-corrected chi connectivity index (χ2v) is 7.25. The molecule has 0 saturated heterocycles. The highest BCUT2D eigenvalue weighted by Gasteiger charge is 2.30. The van der Waals surface area contributed by atoms with Crippen LogP contribution in [0.15, 0.2) is 36.8 Å². The Bertz CT molecular complexity index is 785. The Morgan fingerprint density at radius 3 is 2.73 bits per heavy atom. The summed E-state index contributed by atoms with van der Waals surface area (Å²) in [7, 11) is 0. The molecule has 3 N–H and O–H groups in total. The molecule has 0 radical (unpaired) electrons. The van der Waals surface area contributed by atoms with Crippen LogP contribution in [0.25, 0.3) is 0 Å². The third-order valence-corrected chi connectivity index (χ3v) is 5.28. The summed E-state index contributed by atoms with van der Waals surface area (Å²) in [6.45, 7) is 0. The lowest BCUT2D eigenvalue weighted by Gasteiger charge is -2.16. The first-order valence-corrected chi connectivity index (χ1v) is 9.36. The van der Waals surface area contributed by atoms with E-state index in [1.165, 1.54) is 18.4 Å². The van der Waals surface area contributed by atoms with E-state index < -0.39 is 6.23 Å². The molecule has 0 spiro atoms. The molecular formula is C20H24N4O2. The standard InChI is InChI=1S/C20H24N4O2/c25-19(14-5-6-14)24-18-11-15(7-10-22-18)20(26)23-17-12-21-9-8-16(17)13-3-1-2-4-13/h7-14,19,25H,1-6H2,(H,22,24)(H,23,26). The Morgan fingerprint density at radius 1 is 1.15 bits per heavy atom. The average molecular weight is 352 g/mol. The molecule has 2 aliphatic carbocycles. The van der Waals surface area contributed by atoms with E-state index >= 15 is 0 Å². The maximum absolute atomic E-state index is 12.7. The molecule has 2 heterocycles. The third-order valence-electron chi connectivity index (χ3n) is 5.28. The summed E-state index contributed by atoms with van der Waals surface area (Å²) in [6, 6.07) is 5.36. The van der Waals surface area contributed by atoms with Gasteiger partial charge in [0.05, 0.1) is 11.9 Å². The number of carbonyl (C=O) groups is 1. The lowest BCUT2D eigenvalue weighted by Crippen LogP contribution is -2.22. The van der Waals surface area contributed by atoms with Gasteiger partial charge in [0.2, 0.25) is 0 Å². The molecule has 4 rings (SSSR count). The van der Waals surface area contributed by atoms with Gasteiger partial charge in [-0.1, -0.05) is 12.8 Å². The molecule has 26 heavy (non-hydrogen) atoms. The monoisotopic (exact) mass is 352 g/mol. The summed E-state index contributed by atoms with van der Waals surface area (Å²) >= 11 is 0. The maximum Gasteiger partial charge on any atom is 0.255 e. The molecule has 0 aromatic carbocycles. The van der Waals surface area contributed by atoms with Crippen LogP contribution in [0.5, 0.6) is 0 Å². The predicted molar refractivity (Wildman–Crippen MR) is 100.0 cm³/mol. The number of hydrogen-bond donors (Lipinski definition) is 3. The van der Waals surface area contributed by atoms with Gasteiger partial charge in [0, 0.05) is 23.9 Å². The fraction of sp³-hybridized carbons (Fsp3) is 0.450. The zero-order chi connectivity index (χ0) is 17.9. The Morgan fingerprint density at radius 2 is 1.96 bits per heavy atom. The molecule has 1 atom stereocenters. The number of carbonyl (C=O) groups excluding carboxylic acids is 1. The number of aliphatic hydroxyl groups excluding tert-OH is 1. The SMILES string of the molecule is O=C(Nc1cnccc1C1CCCC1)c1ccnc(NC(O)C2CC2)c1. The van der Waals surface area contributed by atoms with Crippen LogP contribution < -0.4 is 10.6 Å². The van der Waals surface area contributed by atoms with Crippen LogP contribution in [-0.2, 0) is 0 Å². The van der Waals surface area contributed by atoms with E-state index in [1.807, 2.05) is 6.07 Å². The average Bonchev–Trinajstić information content (AvgIpc) is 3.38. The highest BCUT2D eigenvalue weighted by Crippen LogP contribution is 2.37. The van der Waals surface area contributed by atoms with E-state index in [1.54, 1.807) is 30.7 Å². The van der Waals surface area contributed by atoms with E-state index in [0.717, 1.165) is 31.4 Å². The molecule has 2 aromatic heterocycles. The van der Waals surface area contributed by atoms with Crippen LogP contribution in [0.2, 0.25) is 0 Å². The summed E-state index contributed by atoms with van der Waals surface area (Å²) in [5.41, 5.74) is 2.46. The first-order chi connectivity index (χ1) is 12.7. The number of anilines is 2. The van der Waals surface area contributed by atoms with Crippen molar-refractivity contribution in [2.75, 3.05) is 10.6 Å². The molecule has 1 unspecified atom stereocenters. The second-order valence-electron chi connectivity index (χ2n) is 7.25. The molecule has 1 amide bonds. The molecule has 2 fully saturated rings. The number of amides is 1. The molecule has 2 aliphatic rings. The van der Waals surface area contributed by atoms with Crippen molar-refractivity contribution in [3.05, 3.63) is 47.9 Å². The van der Waals surface area contributed by atoms with Crippen molar-refractivity contribution in [3.63, 3.8) is 0 Å². The maximum atomic E-state index is 12.7. The lowest BCUT2D eigenvalue weighted by molar-refractivity contribution is 0.102. The summed E-state index contributed by atoms with van der Waals surface area (Å²) in [5, 5.41) is 16.0. The number of aromatic nitrogens is 2. The van der Waals surface area contributed by atoms with E-state index in [-0.39, 0.29) is 5.91 Å². The normalized spacial score (nSPS) is 18.5. The Balaban J connectivity index is 1.48. The van der Waals surface area contributed by atoms with Crippen molar-refractivity contribution >= 4 is 17.4 Å². The van der Waals surface area contributed by atoms with Crippen molar-refractivity contribution < 1.29 is 9.90 Å². The minimum atomic E-state index is -0.604. The molecule has 6 nitrogen and oxygen atoms in total. The van der Waals surface area contributed by atoms with Crippen molar-refractivity contribution in [2.24, 2.45) is 5.92 Å². The van der Waals surface area contributed by atoms with Crippen LogP contribution in [0, 0.1) is 5.92 Å². The molecule has 0 aliphatic heterocycles. The molecule has 6 heteroatoms. The summed E-state index contributed by atoms with van der Waals surface area (Å²) in [6.07, 6.45) is 11.3. The highest BCUT2D eigenvalue weighted by molar-refractivity contribution is 6.05. The minimum Gasteiger partial charge on any atom is -0.373 e. The number of pyridine rings is 2. The fourth-order valence-electron chi connectivity index (χ4n) is 3.63. The quantitative estimate of drug-likeness (QED) is 0.692. The molecule has 2 saturated carbocycles. The van der Waals surface area contributed by atoms with Crippen LogP contribution in [0.3, 0.4) is 0 Å². The fourth-order valence-corrected chi connectivity index (χ4v) is 3.63. The topological polar surface area (TPSA) is 87.1 Å². The summed E-state index contributed by atoms with van der Waals surface area (Å²) in [4.78, 5) is 21.1. The van der Waals surface area contributed by atoms with Crippen LogP contribution >= 0.6 is 0 Å². The smallest absolute Gasteiger partial charge is 0.255 e. The van der Waals surface area contributed by atoms with Gasteiger partial charge < -0.3 is 15.7 Å². The largest absolute Gasteiger partial charge is 0.373 e. The molecular weight excluding hydrogens is 328 g/mol. The third kappa shape index (κ3) is 3.85. The van der Waals surface area contributed by atoms with Gasteiger partial charge in [-0.15, -0.1) is 0 Å². The minimum absolute atomic E-state index is 0.191. The number of rotatable bonds is 6. The number of hydrogen-bond acceptors (Lipinski definition) is 5. The van der Waals surface area contributed by atoms with Gasteiger partial charge in [-0.05, 0) is 55.4 Å². The lowest BCUT2D eigenvalue weighted by atomic mass is 9.97. The highest BCUT2D eigenvalue weighted by atomic mass is 16.3. The van der Waals surface area contributed by atoms with Crippen LogP contribution in [-0.4, -0.2) is 27.2 Å². The van der Waals surface area contributed by atoms with Crippen molar-refractivity contribution in [1.82, 2.24) is 9.97 Å². The first kappa shape index (κ1) is 17.0. The van der Waals surface area contributed by atoms with Gasteiger partial charge in [0.1, 0.15) is 12.0 Å². The Labute approximate surface area is 153 Å². The van der Waals surface area contributed by atoms with E-state index in [2.05, 4.69) is 20.6 Å². The van der Waals surface area contributed by atoms with Gasteiger partial charge in [0.15, 0.2) is 0 Å². The van der Waals surface area contributed by atoms with Gasteiger partial charge in [-0.2, -0.15) is 0 Å². The zero-order valence-corrected chi connectivity index (χ0v) is 14.7.